The predicted molar refractivity (Wildman–Crippen MR) is 56.0 cm³/mol. The first-order valence-electron chi connectivity index (χ1n) is 5.19. The maximum absolute atomic E-state index is 11.4. The molecule has 1 aliphatic rings. The fourth-order valence-electron chi connectivity index (χ4n) is 1.70. The first kappa shape index (κ1) is 11.2. The maximum atomic E-state index is 11.4. The van der Waals surface area contributed by atoms with Crippen molar-refractivity contribution in [2.75, 3.05) is 26.8 Å². The van der Waals surface area contributed by atoms with E-state index in [1.165, 1.54) is 6.42 Å². The van der Waals surface area contributed by atoms with Gasteiger partial charge in [-0.1, -0.05) is 6.08 Å². The van der Waals surface area contributed by atoms with Gasteiger partial charge in [0.1, 0.15) is 0 Å². The zero-order chi connectivity index (χ0) is 10.4. The summed E-state index contributed by atoms with van der Waals surface area (Å²) in [6.07, 6.45) is 5.67. The van der Waals surface area contributed by atoms with Gasteiger partial charge in [0.15, 0.2) is 0 Å². The molecule has 0 spiro atoms. The van der Waals surface area contributed by atoms with Crippen LogP contribution in [0.4, 0.5) is 0 Å². The van der Waals surface area contributed by atoms with E-state index < -0.39 is 0 Å². The summed E-state index contributed by atoms with van der Waals surface area (Å²) >= 11 is 0. The van der Waals surface area contributed by atoms with Crippen LogP contribution >= 0.6 is 0 Å². The molecule has 1 atom stereocenters. The highest BCUT2D eigenvalue weighted by molar-refractivity contribution is 5.87. The van der Waals surface area contributed by atoms with Gasteiger partial charge in [0.05, 0.1) is 6.61 Å². The third kappa shape index (κ3) is 3.50. The highest BCUT2D eigenvalue weighted by Crippen LogP contribution is 2.14. The molecule has 0 N–H and O–H groups in total. The molecule has 1 fully saturated rings. The van der Waals surface area contributed by atoms with Gasteiger partial charge in [-0.15, -0.1) is 0 Å². The van der Waals surface area contributed by atoms with Crippen LogP contribution in [0.2, 0.25) is 0 Å². The van der Waals surface area contributed by atoms with Gasteiger partial charge in [0, 0.05) is 20.2 Å². The van der Waals surface area contributed by atoms with Gasteiger partial charge in [-0.25, -0.2) is 0 Å². The molecule has 1 rings (SSSR count). The first-order chi connectivity index (χ1) is 6.74. The molecule has 0 aromatic rings. The van der Waals surface area contributed by atoms with Crippen molar-refractivity contribution < 1.29 is 9.53 Å². The van der Waals surface area contributed by atoms with E-state index >= 15 is 0 Å². The number of allylic oxidation sites excluding steroid dienone is 1. The zero-order valence-corrected chi connectivity index (χ0v) is 9.03. The minimum absolute atomic E-state index is 0.0815. The Morgan fingerprint density at radius 2 is 2.43 bits per heavy atom. The normalized spacial score (nSPS) is 22.6. The lowest BCUT2D eigenvalue weighted by Gasteiger charge is -2.26. The molecular formula is C11H19NO2. The van der Waals surface area contributed by atoms with Gasteiger partial charge in [0.2, 0.25) is 5.91 Å². The van der Waals surface area contributed by atoms with Crippen molar-refractivity contribution in [1.82, 2.24) is 4.90 Å². The van der Waals surface area contributed by atoms with Gasteiger partial charge in [-0.05, 0) is 31.8 Å². The van der Waals surface area contributed by atoms with Gasteiger partial charge >= 0.3 is 0 Å². The van der Waals surface area contributed by atoms with Crippen LogP contribution in [0, 0.1) is 5.92 Å². The van der Waals surface area contributed by atoms with Gasteiger partial charge < -0.3 is 9.64 Å². The van der Waals surface area contributed by atoms with Crippen LogP contribution < -0.4 is 0 Å². The topological polar surface area (TPSA) is 29.5 Å². The van der Waals surface area contributed by atoms with Crippen molar-refractivity contribution in [3.63, 3.8) is 0 Å². The summed E-state index contributed by atoms with van der Waals surface area (Å²) in [7, 11) is 1.84. The number of carbonyl (C=O) groups excluding carboxylic acids is 1. The smallest absolute Gasteiger partial charge is 0.245 e. The molecule has 1 aliphatic heterocycles. The molecule has 1 saturated heterocycles. The van der Waals surface area contributed by atoms with Crippen molar-refractivity contribution in [1.29, 1.82) is 0 Å². The summed E-state index contributed by atoms with van der Waals surface area (Å²) in [5.74, 6) is 0.598. The third-order valence-corrected chi connectivity index (χ3v) is 2.47. The Morgan fingerprint density at radius 1 is 1.64 bits per heavy atom. The van der Waals surface area contributed by atoms with Crippen LogP contribution in [0.1, 0.15) is 19.8 Å². The summed E-state index contributed by atoms with van der Waals surface area (Å²) in [6, 6.07) is 0. The number of nitrogens with zero attached hydrogens (tertiary/aromatic N) is 1. The third-order valence-electron chi connectivity index (χ3n) is 2.47. The van der Waals surface area contributed by atoms with Crippen molar-refractivity contribution >= 4 is 5.91 Å². The second-order valence-corrected chi connectivity index (χ2v) is 3.80. The molecule has 3 nitrogen and oxygen atoms in total. The molecule has 0 bridgehead atoms. The molecule has 0 radical (unpaired) electrons. The monoisotopic (exact) mass is 197 g/mol. The van der Waals surface area contributed by atoms with E-state index in [0.717, 1.165) is 26.2 Å². The average Bonchev–Trinajstić information content (AvgIpc) is 2.19. The largest absolute Gasteiger partial charge is 0.381 e. The quantitative estimate of drug-likeness (QED) is 0.641. The number of amides is 1. The van der Waals surface area contributed by atoms with Crippen molar-refractivity contribution in [3.8, 4) is 0 Å². The number of hydrogen-bond acceptors (Lipinski definition) is 2. The highest BCUT2D eigenvalue weighted by atomic mass is 16.5. The van der Waals surface area contributed by atoms with Crippen LogP contribution in [0.5, 0.6) is 0 Å². The fraction of sp³-hybridized carbons (Fsp3) is 0.727. The van der Waals surface area contributed by atoms with Crippen LogP contribution in [0.25, 0.3) is 0 Å². The lowest BCUT2D eigenvalue weighted by Crippen LogP contribution is -2.34. The van der Waals surface area contributed by atoms with Crippen molar-refractivity contribution in [3.05, 3.63) is 12.2 Å². The molecule has 3 heteroatoms. The van der Waals surface area contributed by atoms with E-state index in [4.69, 9.17) is 4.74 Å². The molecule has 1 unspecified atom stereocenters. The molecule has 1 heterocycles. The summed E-state index contributed by atoms with van der Waals surface area (Å²) in [5, 5.41) is 0. The SMILES string of the molecule is CC=CC(=O)N(C)CC1CCCOC1. The maximum Gasteiger partial charge on any atom is 0.245 e. The van der Waals surface area contributed by atoms with E-state index in [1.807, 2.05) is 14.0 Å². The fourth-order valence-corrected chi connectivity index (χ4v) is 1.70. The first-order valence-corrected chi connectivity index (χ1v) is 5.19. The molecule has 14 heavy (non-hydrogen) atoms. The van der Waals surface area contributed by atoms with E-state index in [2.05, 4.69) is 0 Å². The molecular weight excluding hydrogens is 178 g/mol. The Kier molecular flexibility index (Phi) is 4.66. The zero-order valence-electron chi connectivity index (χ0n) is 9.03. The summed E-state index contributed by atoms with van der Waals surface area (Å²) in [5.41, 5.74) is 0. The average molecular weight is 197 g/mol. The molecule has 1 amide bonds. The Morgan fingerprint density at radius 3 is 3.00 bits per heavy atom. The lowest BCUT2D eigenvalue weighted by molar-refractivity contribution is -0.125. The summed E-state index contributed by atoms with van der Waals surface area (Å²) < 4.78 is 5.37. The Labute approximate surface area is 85.7 Å². The number of rotatable bonds is 3. The minimum atomic E-state index is 0.0815. The molecule has 0 aromatic carbocycles. The Balaban J connectivity index is 2.31. The summed E-state index contributed by atoms with van der Waals surface area (Å²) in [6.45, 7) is 4.34. The van der Waals surface area contributed by atoms with E-state index in [-0.39, 0.29) is 5.91 Å². The van der Waals surface area contributed by atoms with E-state index in [0.29, 0.717) is 5.92 Å². The number of carbonyl (C=O) groups is 1. The van der Waals surface area contributed by atoms with Gasteiger partial charge in [-0.2, -0.15) is 0 Å². The number of hydrogen-bond donors (Lipinski definition) is 0. The Bertz CT molecular complexity index is 207. The predicted octanol–water partition coefficient (Wildman–Crippen LogP) is 1.45. The van der Waals surface area contributed by atoms with Crippen LogP contribution in [-0.4, -0.2) is 37.6 Å². The second-order valence-electron chi connectivity index (χ2n) is 3.80. The number of likely N-dealkylation sites (N-methyl/N-ethyl adjacent to an activating group) is 1. The lowest BCUT2D eigenvalue weighted by atomic mass is 10.0. The molecule has 80 valence electrons. The van der Waals surface area contributed by atoms with Crippen molar-refractivity contribution in [2.24, 2.45) is 5.92 Å². The van der Waals surface area contributed by atoms with E-state index in [1.54, 1.807) is 17.1 Å². The van der Waals surface area contributed by atoms with Crippen molar-refractivity contribution in [2.45, 2.75) is 19.8 Å². The molecule has 0 aromatic heterocycles. The highest BCUT2D eigenvalue weighted by Gasteiger charge is 2.17. The molecule has 0 saturated carbocycles. The second kappa shape index (κ2) is 5.81. The Hall–Kier alpha value is -0.830. The van der Waals surface area contributed by atoms with Crippen LogP contribution in [-0.2, 0) is 9.53 Å². The summed E-state index contributed by atoms with van der Waals surface area (Å²) in [4.78, 5) is 13.2. The van der Waals surface area contributed by atoms with Gasteiger partial charge in [-0.3, -0.25) is 4.79 Å². The number of ether oxygens (including phenoxy) is 1. The molecule has 0 aliphatic carbocycles. The minimum Gasteiger partial charge on any atom is -0.381 e. The standard InChI is InChI=1S/C11H19NO2/c1-3-5-11(13)12(2)8-10-6-4-7-14-9-10/h3,5,10H,4,6-9H2,1-2H3. The van der Waals surface area contributed by atoms with E-state index in [9.17, 15) is 4.79 Å². The van der Waals surface area contributed by atoms with Crippen LogP contribution in [0.3, 0.4) is 0 Å². The van der Waals surface area contributed by atoms with Crippen LogP contribution in [0.15, 0.2) is 12.2 Å². The van der Waals surface area contributed by atoms with Gasteiger partial charge in [0.25, 0.3) is 0 Å².